The van der Waals surface area contributed by atoms with Gasteiger partial charge in [-0.2, -0.15) is 0 Å². The van der Waals surface area contributed by atoms with Crippen LogP contribution in [-0.2, 0) is 17.6 Å². The van der Waals surface area contributed by atoms with Crippen molar-refractivity contribution in [2.24, 2.45) is 0 Å². The van der Waals surface area contributed by atoms with Gasteiger partial charge in [0.05, 0.1) is 4.92 Å². The van der Waals surface area contributed by atoms with Gasteiger partial charge in [-0.25, -0.2) is 0 Å². The molecule has 1 aliphatic rings. The summed E-state index contributed by atoms with van der Waals surface area (Å²) in [5.41, 5.74) is 2.61. The fraction of sp³-hybridized carbons (Fsp3) is 0.294. The lowest BCUT2D eigenvalue weighted by atomic mass is 9.95. The Bertz CT molecular complexity index is 759. The van der Waals surface area contributed by atoms with Gasteiger partial charge in [0.1, 0.15) is 5.75 Å². The standard InChI is InChI=1S/C17H17N3O4/c21-17(19-12-5-7-13(8-6-12)20(22)23)11-24-16-9-10-18-15-4-2-1-3-14(15)16/h5-10H,1-4,11H2,(H,19,21). The molecule has 1 heterocycles. The smallest absolute Gasteiger partial charge is 0.269 e. The van der Waals surface area contributed by atoms with Crippen molar-refractivity contribution in [2.75, 3.05) is 11.9 Å². The van der Waals surface area contributed by atoms with E-state index in [9.17, 15) is 14.9 Å². The number of ether oxygens (including phenoxy) is 1. The maximum atomic E-state index is 12.0. The minimum atomic E-state index is -0.485. The molecule has 1 amide bonds. The van der Waals surface area contributed by atoms with Gasteiger partial charge in [0, 0.05) is 35.3 Å². The molecule has 0 saturated carbocycles. The van der Waals surface area contributed by atoms with Crippen LogP contribution in [-0.4, -0.2) is 22.4 Å². The van der Waals surface area contributed by atoms with Gasteiger partial charge in [-0.1, -0.05) is 0 Å². The molecule has 124 valence electrons. The van der Waals surface area contributed by atoms with E-state index in [0.717, 1.165) is 36.9 Å². The minimum absolute atomic E-state index is 0.0207. The molecule has 0 saturated heterocycles. The summed E-state index contributed by atoms with van der Waals surface area (Å²) in [6.45, 7) is -0.118. The number of hydrogen-bond acceptors (Lipinski definition) is 5. The highest BCUT2D eigenvalue weighted by Crippen LogP contribution is 2.27. The molecular formula is C17H17N3O4. The van der Waals surface area contributed by atoms with E-state index in [-0.39, 0.29) is 18.2 Å². The maximum absolute atomic E-state index is 12.0. The van der Waals surface area contributed by atoms with Crippen molar-refractivity contribution in [1.29, 1.82) is 0 Å². The van der Waals surface area contributed by atoms with Crippen LogP contribution in [0, 0.1) is 10.1 Å². The first kappa shape index (κ1) is 15.9. The summed E-state index contributed by atoms with van der Waals surface area (Å²) in [6.07, 6.45) is 5.80. The van der Waals surface area contributed by atoms with Crippen LogP contribution < -0.4 is 10.1 Å². The van der Waals surface area contributed by atoms with E-state index in [1.54, 1.807) is 12.3 Å². The van der Waals surface area contributed by atoms with Crippen LogP contribution in [0.1, 0.15) is 24.1 Å². The molecule has 0 radical (unpaired) electrons. The number of nitro benzene ring substituents is 1. The topological polar surface area (TPSA) is 94.4 Å². The number of non-ortho nitro benzene ring substituents is 1. The number of nitrogens with one attached hydrogen (secondary N) is 1. The van der Waals surface area contributed by atoms with E-state index >= 15 is 0 Å². The van der Waals surface area contributed by atoms with E-state index in [4.69, 9.17) is 4.74 Å². The largest absolute Gasteiger partial charge is 0.483 e. The number of nitrogens with zero attached hydrogens (tertiary/aromatic N) is 2. The number of rotatable bonds is 5. The van der Waals surface area contributed by atoms with Crippen LogP contribution in [0.2, 0.25) is 0 Å². The average Bonchev–Trinajstić information content (AvgIpc) is 2.60. The Labute approximate surface area is 138 Å². The molecule has 1 aromatic heterocycles. The number of carbonyl (C=O) groups excluding carboxylic acids is 1. The van der Waals surface area contributed by atoms with Crippen LogP contribution in [0.25, 0.3) is 0 Å². The molecule has 0 atom stereocenters. The number of fused-ring (bicyclic) bond motifs is 1. The van der Waals surface area contributed by atoms with E-state index in [2.05, 4.69) is 10.3 Å². The highest BCUT2D eigenvalue weighted by Gasteiger charge is 2.16. The first-order chi connectivity index (χ1) is 11.6. The van der Waals surface area contributed by atoms with Crippen molar-refractivity contribution >= 4 is 17.3 Å². The number of benzene rings is 1. The Morgan fingerprint density at radius 3 is 2.71 bits per heavy atom. The van der Waals surface area contributed by atoms with Gasteiger partial charge >= 0.3 is 0 Å². The Morgan fingerprint density at radius 1 is 1.21 bits per heavy atom. The van der Waals surface area contributed by atoms with E-state index in [1.807, 2.05) is 0 Å². The summed E-state index contributed by atoms with van der Waals surface area (Å²) in [5.74, 6) is 0.392. The number of hydrogen-bond donors (Lipinski definition) is 1. The van der Waals surface area contributed by atoms with Crippen molar-refractivity contribution in [1.82, 2.24) is 4.98 Å². The third-order valence-corrected chi connectivity index (χ3v) is 3.91. The number of aryl methyl sites for hydroxylation is 1. The van der Waals surface area contributed by atoms with Gasteiger partial charge in [0.25, 0.3) is 11.6 Å². The monoisotopic (exact) mass is 327 g/mol. The Kier molecular flexibility index (Phi) is 4.69. The van der Waals surface area contributed by atoms with E-state index in [1.165, 1.54) is 24.3 Å². The number of anilines is 1. The zero-order chi connectivity index (χ0) is 16.9. The van der Waals surface area contributed by atoms with E-state index in [0.29, 0.717) is 11.4 Å². The van der Waals surface area contributed by atoms with E-state index < -0.39 is 4.92 Å². The SMILES string of the molecule is O=C(COc1ccnc2c1CCCC2)Nc1ccc([N+](=O)[O-])cc1. The molecule has 1 aromatic carbocycles. The molecule has 0 spiro atoms. The third-order valence-electron chi connectivity index (χ3n) is 3.91. The summed E-state index contributed by atoms with van der Waals surface area (Å²) in [6, 6.07) is 7.45. The van der Waals surface area contributed by atoms with Crippen LogP contribution in [0.5, 0.6) is 5.75 Å². The van der Waals surface area contributed by atoms with Gasteiger partial charge in [-0.3, -0.25) is 19.9 Å². The zero-order valence-corrected chi connectivity index (χ0v) is 13.0. The van der Waals surface area contributed by atoms with Crippen molar-refractivity contribution in [3.05, 3.63) is 57.9 Å². The predicted molar refractivity (Wildman–Crippen MR) is 88.1 cm³/mol. The Morgan fingerprint density at radius 2 is 1.96 bits per heavy atom. The molecule has 7 heteroatoms. The highest BCUT2D eigenvalue weighted by molar-refractivity contribution is 5.92. The Balaban J connectivity index is 1.59. The van der Waals surface area contributed by atoms with Crippen molar-refractivity contribution in [3.63, 3.8) is 0 Å². The minimum Gasteiger partial charge on any atom is -0.483 e. The normalized spacial score (nSPS) is 13.0. The quantitative estimate of drug-likeness (QED) is 0.673. The Hall–Kier alpha value is -2.96. The summed E-state index contributed by atoms with van der Waals surface area (Å²) < 4.78 is 5.64. The molecule has 3 rings (SSSR count). The van der Waals surface area contributed by atoms with Crippen LogP contribution in [0.4, 0.5) is 11.4 Å². The lowest BCUT2D eigenvalue weighted by Gasteiger charge is -2.18. The van der Waals surface area contributed by atoms with Gasteiger partial charge in [0.15, 0.2) is 6.61 Å². The summed E-state index contributed by atoms with van der Waals surface area (Å²) in [5, 5.41) is 13.3. The molecule has 0 fully saturated rings. The summed E-state index contributed by atoms with van der Waals surface area (Å²) in [4.78, 5) is 26.5. The number of pyridine rings is 1. The first-order valence-electron chi connectivity index (χ1n) is 7.77. The van der Waals surface area contributed by atoms with Crippen LogP contribution in [0.3, 0.4) is 0 Å². The number of aromatic nitrogens is 1. The third kappa shape index (κ3) is 3.68. The van der Waals surface area contributed by atoms with Crippen molar-refractivity contribution < 1.29 is 14.5 Å². The fourth-order valence-corrected chi connectivity index (χ4v) is 2.73. The number of nitro groups is 1. The molecule has 1 aliphatic carbocycles. The average molecular weight is 327 g/mol. The van der Waals surface area contributed by atoms with Crippen molar-refractivity contribution in [2.45, 2.75) is 25.7 Å². The summed E-state index contributed by atoms with van der Waals surface area (Å²) in [7, 11) is 0. The molecule has 0 unspecified atom stereocenters. The van der Waals surface area contributed by atoms with Gasteiger partial charge in [-0.15, -0.1) is 0 Å². The predicted octanol–water partition coefficient (Wildman–Crippen LogP) is 2.89. The molecule has 24 heavy (non-hydrogen) atoms. The fourth-order valence-electron chi connectivity index (χ4n) is 2.73. The molecule has 1 N–H and O–H groups in total. The highest BCUT2D eigenvalue weighted by atomic mass is 16.6. The first-order valence-corrected chi connectivity index (χ1v) is 7.77. The number of amides is 1. The van der Waals surface area contributed by atoms with Gasteiger partial charge < -0.3 is 10.1 Å². The lowest BCUT2D eigenvalue weighted by Crippen LogP contribution is -2.21. The molecule has 0 bridgehead atoms. The van der Waals surface area contributed by atoms with Crippen LogP contribution in [0.15, 0.2) is 36.5 Å². The molecular weight excluding hydrogens is 310 g/mol. The molecule has 2 aromatic rings. The van der Waals surface area contributed by atoms with Crippen LogP contribution >= 0.6 is 0 Å². The maximum Gasteiger partial charge on any atom is 0.269 e. The summed E-state index contributed by atoms with van der Waals surface area (Å²) >= 11 is 0. The van der Waals surface area contributed by atoms with Gasteiger partial charge in [0.2, 0.25) is 0 Å². The van der Waals surface area contributed by atoms with Gasteiger partial charge in [-0.05, 0) is 43.9 Å². The second-order valence-corrected chi connectivity index (χ2v) is 5.58. The molecule has 0 aliphatic heterocycles. The lowest BCUT2D eigenvalue weighted by molar-refractivity contribution is -0.384. The molecule has 7 nitrogen and oxygen atoms in total. The second kappa shape index (κ2) is 7.08. The van der Waals surface area contributed by atoms with Crippen molar-refractivity contribution in [3.8, 4) is 5.75 Å². The second-order valence-electron chi connectivity index (χ2n) is 5.58. The zero-order valence-electron chi connectivity index (χ0n) is 13.0. The number of carbonyl (C=O) groups is 1.